The highest BCUT2D eigenvalue weighted by molar-refractivity contribution is 6.10. The van der Waals surface area contributed by atoms with E-state index in [4.69, 9.17) is 0 Å². The fourth-order valence-electron chi connectivity index (χ4n) is 3.73. The molecule has 1 amide bonds. The van der Waals surface area contributed by atoms with Crippen molar-refractivity contribution in [3.8, 4) is 0 Å². The number of hydrogen-bond acceptors (Lipinski definition) is 5. The van der Waals surface area contributed by atoms with Gasteiger partial charge in [0.2, 0.25) is 5.91 Å². The molecule has 7 heteroatoms. The predicted octanol–water partition coefficient (Wildman–Crippen LogP) is 2.00. The summed E-state index contributed by atoms with van der Waals surface area (Å²) in [5.41, 5.74) is 0.744. The summed E-state index contributed by atoms with van der Waals surface area (Å²) in [6, 6.07) is 2.40. The van der Waals surface area contributed by atoms with Crippen molar-refractivity contribution in [1.82, 2.24) is 25.5 Å². The van der Waals surface area contributed by atoms with Gasteiger partial charge in [-0.1, -0.05) is 0 Å². The molecule has 2 fully saturated rings. The molecule has 1 aliphatic carbocycles. The molecule has 5 rings (SSSR count). The van der Waals surface area contributed by atoms with Gasteiger partial charge in [-0.05, 0) is 31.7 Å². The molecule has 3 aromatic rings. The lowest BCUT2D eigenvalue weighted by atomic mass is 9.96. The molecule has 0 radical (unpaired) electrons. The number of aromatic nitrogens is 4. The van der Waals surface area contributed by atoms with E-state index in [9.17, 15) is 4.79 Å². The topological polar surface area (TPSA) is 86.8 Å². The number of nitrogens with zero attached hydrogens (tertiary/aromatic N) is 4. The first-order chi connectivity index (χ1) is 12.3. The number of carbonyl (C=O) groups is 1. The minimum absolute atomic E-state index is 0.0353. The molecule has 0 bridgehead atoms. The van der Waals surface area contributed by atoms with Crippen molar-refractivity contribution in [2.45, 2.75) is 31.7 Å². The lowest BCUT2D eigenvalue weighted by molar-refractivity contribution is -0.125. The van der Waals surface area contributed by atoms with Crippen molar-refractivity contribution in [2.75, 3.05) is 18.0 Å². The van der Waals surface area contributed by atoms with Gasteiger partial charge in [0.25, 0.3) is 0 Å². The Balaban J connectivity index is 1.51. The first-order valence-electron chi connectivity index (χ1n) is 8.92. The summed E-state index contributed by atoms with van der Waals surface area (Å²) in [7, 11) is 0. The zero-order valence-corrected chi connectivity index (χ0v) is 13.9. The van der Waals surface area contributed by atoms with Gasteiger partial charge in [0.05, 0.1) is 12.1 Å². The molecule has 1 unspecified atom stereocenters. The van der Waals surface area contributed by atoms with Gasteiger partial charge in [-0.2, -0.15) is 5.10 Å². The predicted molar refractivity (Wildman–Crippen MR) is 95.3 cm³/mol. The lowest BCUT2D eigenvalue weighted by Crippen LogP contribution is -2.44. The van der Waals surface area contributed by atoms with Crippen LogP contribution in [0, 0.1) is 5.92 Å². The number of hydrogen-bond donors (Lipinski definition) is 2. The monoisotopic (exact) mass is 336 g/mol. The zero-order chi connectivity index (χ0) is 16.8. The molecular formula is C18H20N6O. The highest BCUT2D eigenvalue weighted by atomic mass is 16.2. The molecule has 2 aliphatic rings. The Labute approximate surface area is 144 Å². The summed E-state index contributed by atoms with van der Waals surface area (Å²) in [5.74, 6) is 1.19. The maximum absolute atomic E-state index is 12.5. The van der Waals surface area contributed by atoms with E-state index < -0.39 is 0 Å². The number of rotatable bonds is 3. The smallest absolute Gasteiger partial charge is 0.225 e. The second-order valence-corrected chi connectivity index (χ2v) is 7.06. The Morgan fingerprint density at radius 2 is 2.16 bits per heavy atom. The third-order valence-electron chi connectivity index (χ3n) is 5.21. The van der Waals surface area contributed by atoms with Crippen molar-refractivity contribution >= 4 is 33.5 Å². The van der Waals surface area contributed by atoms with E-state index in [0.29, 0.717) is 12.6 Å². The van der Waals surface area contributed by atoms with Crippen LogP contribution < -0.4 is 10.2 Å². The molecule has 2 N–H and O–H groups in total. The van der Waals surface area contributed by atoms with Crippen molar-refractivity contribution in [1.29, 1.82) is 0 Å². The van der Waals surface area contributed by atoms with Crippen LogP contribution in [0.4, 0.5) is 5.82 Å². The minimum atomic E-state index is 0.0353. The van der Waals surface area contributed by atoms with Crippen LogP contribution in [0.2, 0.25) is 0 Å². The summed E-state index contributed by atoms with van der Waals surface area (Å²) >= 11 is 0. The number of nitrogens with one attached hydrogen (secondary N) is 2. The normalized spacial score (nSPS) is 21.0. The summed E-state index contributed by atoms with van der Waals surface area (Å²) in [5, 5.41) is 13.7. The largest absolute Gasteiger partial charge is 0.356 e. The number of piperidine rings is 1. The van der Waals surface area contributed by atoms with Crippen LogP contribution in [0.25, 0.3) is 21.8 Å². The Hall–Kier alpha value is -2.70. The molecule has 0 spiro atoms. The Morgan fingerprint density at radius 3 is 3.04 bits per heavy atom. The van der Waals surface area contributed by atoms with Crippen LogP contribution in [0.1, 0.15) is 25.7 Å². The van der Waals surface area contributed by atoms with Crippen LogP contribution in [-0.2, 0) is 4.79 Å². The molecule has 1 saturated carbocycles. The van der Waals surface area contributed by atoms with Crippen molar-refractivity contribution in [2.24, 2.45) is 5.92 Å². The van der Waals surface area contributed by atoms with E-state index in [1.54, 1.807) is 12.4 Å². The highest BCUT2D eigenvalue weighted by Crippen LogP contribution is 2.32. The highest BCUT2D eigenvalue weighted by Gasteiger charge is 2.31. The first-order valence-corrected chi connectivity index (χ1v) is 8.92. The number of aromatic amines is 1. The molecule has 0 aromatic carbocycles. The van der Waals surface area contributed by atoms with Gasteiger partial charge in [0.15, 0.2) is 5.65 Å². The average molecular weight is 336 g/mol. The van der Waals surface area contributed by atoms with Crippen LogP contribution >= 0.6 is 0 Å². The van der Waals surface area contributed by atoms with Gasteiger partial charge in [-0.3, -0.25) is 9.89 Å². The van der Waals surface area contributed by atoms with Crippen LogP contribution in [0.5, 0.6) is 0 Å². The van der Waals surface area contributed by atoms with Gasteiger partial charge >= 0.3 is 0 Å². The second kappa shape index (κ2) is 5.68. The third-order valence-corrected chi connectivity index (χ3v) is 5.21. The molecule has 3 aromatic heterocycles. The molecule has 7 nitrogen and oxygen atoms in total. The van der Waals surface area contributed by atoms with E-state index in [-0.39, 0.29) is 11.8 Å². The average Bonchev–Trinajstić information content (AvgIpc) is 3.33. The second-order valence-electron chi connectivity index (χ2n) is 7.06. The van der Waals surface area contributed by atoms with E-state index >= 15 is 0 Å². The van der Waals surface area contributed by atoms with Crippen LogP contribution in [0.15, 0.2) is 24.7 Å². The van der Waals surface area contributed by atoms with Gasteiger partial charge in [0.1, 0.15) is 5.82 Å². The number of amides is 1. The summed E-state index contributed by atoms with van der Waals surface area (Å²) in [6.07, 6.45) is 9.58. The Kier molecular flexibility index (Phi) is 3.33. The molecule has 128 valence electrons. The Bertz CT molecular complexity index is 947. The molecule has 25 heavy (non-hydrogen) atoms. The van der Waals surface area contributed by atoms with Crippen molar-refractivity contribution in [3.63, 3.8) is 0 Å². The van der Waals surface area contributed by atoms with E-state index in [1.165, 1.54) is 0 Å². The quantitative estimate of drug-likeness (QED) is 0.764. The van der Waals surface area contributed by atoms with E-state index in [2.05, 4.69) is 30.4 Å². The minimum Gasteiger partial charge on any atom is -0.356 e. The number of fused-ring (bicyclic) bond motifs is 3. The number of H-pyrrole nitrogens is 1. The van der Waals surface area contributed by atoms with Crippen molar-refractivity contribution < 1.29 is 4.79 Å². The number of pyridine rings is 1. The van der Waals surface area contributed by atoms with Gasteiger partial charge < -0.3 is 10.2 Å². The first kappa shape index (κ1) is 14.6. The van der Waals surface area contributed by atoms with Crippen LogP contribution in [0.3, 0.4) is 0 Å². The van der Waals surface area contributed by atoms with Gasteiger partial charge in [-0.15, -0.1) is 0 Å². The maximum atomic E-state index is 12.5. The third kappa shape index (κ3) is 2.59. The summed E-state index contributed by atoms with van der Waals surface area (Å²) < 4.78 is 0. The molecule has 1 aliphatic heterocycles. The molecule has 1 atom stereocenters. The van der Waals surface area contributed by atoms with Crippen molar-refractivity contribution in [3.05, 3.63) is 24.7 Å². The standard InChI is InChI=1S/C18H20N6O/c25-18(22-13-3-4-13)11-2-1-7-24(10-11)17-15-12(9-21-23-17)8-20-16-14(15)5-6-19-16/h5-6,8-9,11,13,23H,1-4,7,10H2,(H,22,25). The summed E-state index contributed by atoms with van der Waals surface area (Å²) in [4.78, 5) is 23.4. The van der Waals surface area contributed by atoms with Gasteiger partial charge in [-0.25, -0.2) is 9.97 Å². The SMILES string of the molecule is O=C(NC1CC1)C1CCCN(c2[nH]ncc3cnc4nccc4c23)C1. The molecule has 1 saturated heterocycles. The Morgan fingerprint density at radius 1 is 1.24 bits per heavy atom. The molecule has 4 heterocycles. The fourth-order valence-corrected chi connectivity index (χ4v) is 3.73. The lowest BCUT2D eigenvalue weighted by Gasteiger charge is -2.33. The zero-order valence-electron chi connectivity index (χ0n) is 13.9. The number of carbonyl (C=O) groups excluding carboxylic acids is 1. The van der Waals surface area contributed by atoms with Crippen LogP contribution in [-0.4, -0.2) is 45.2 Å². The number of anilines is 1. The van der Waals surface area contributed by atoms with Gasteiger partial charge in [0, 0.05) is 47.7 Å². The fraction of sp³-hybridized carbons (Fsp3) is 0.444. The van der Waals surface area contributed by atoms with E-state index in [1.807, 2.05) is 12.3 Å². The molecular weight excluding hydrogens is 316 g/mol. The maximum Gasteiger partial charge on any atom is 0.225 e. The summed E-state index contributed by atoms with van der Waals surface area (Å²) in [6.45, 7) is 1.64. The van der Waals surface area contributed by atoms with E-state index in [0.717, 1.165) is 59.9 Å².